The molecule has 1 saturated heterocycles. The van der Waals surface area contributed by atoms with E-state index < -0.39 is 0 Å². The van der Waals surface area contributed by atoms with Crippen molar-refractivity contribution in [2.24, 2.45) is 0 Å². The van der Waals surface area contributed by atoms with E-state index >= 15 is 0 Å². The minimum atomic E-state index is 0.485. The van der Waals surface area contributed by atoms with Gasteiger partial charge in [0.15, 0.2) is 11.0 Å². The van der Waals surface area contributed by atoms with Crippen LogP contribution < -0.4 is 10.2 Å². The van der Waals surface area contributed by atoms with Gasteiger partial charge in [-0.3, -0.25) is 4.90 Å². The van der Waals surface area contributed by atoms with Crippen LogP contribution >= 0.6 is 11.6 Å². The summed E-state index contributed by atoms with van der Waals surface area (Å²) in [5.41, 5.74) is 0.823. The summed E-state index contributed by atoms with van der Waals surface area (Å²) in [5, 5.41) is 3.59. The molecule has 2 rings (SSSR count). The number of rotatable bonds is 5. The minimum absolute atomic E-state index is 0.485. The van der Waals surface area contributed by atoms with Crippen molar-refractivity contribution >= 4 is 23.1 Å². The van der Waals surface area contributed by atoms with Gasteiger partial charge in [-0.25, -0.2) is 9.97 Å². The molecule has 5 nitrogen and oxygen atoms in total. The Bertz CT molecular complexity index is 421. The summed E-state index contributed by atoms with van der Waals surface area (Å²) in [5.74, 6) is 0.914. The molecule has 0 amide bonds. The number of anilines is 2. The zero-order valence-corrected chi connectivity index (χ0v) is 12.6. The van der Waals surface area contributed by atoms with Gasteiger partial charge in [0.25, 0.3) is 0 Å². The normalized spacial score (nSPS) is 19.2. The topological polar surface area (TPSA) is 44.3 Å². The second-order valence-corrected chi connectivity index (χ2v) is 5.08. The van der Waals surface area contributed by atoms with Crippen LogP contribution in [0.5, 0.6) is 0 Å². The number of nitrogens with one attached hydrogen (secondary N) is 1. The molecule has 106 valence electrons. The molecule has 0 bridgehead atoms. The predicted octanol–water partition coefficient (Wildman–Crippen LogP) is 2.09. The Balaban J connectivity index is 2.15. The van der Waals surface area contributed by atoms with E-state index in [0.29, 0.717) is 11.2 Å². The summed E-state index contributed by atoms with van der Waals surface area (Å²) in [4.78, 5) is 13.2. The van der Waals surface area contributed by atoms with Gasteiger partial charge in [-0.2, -0.15) is 0 Å². The third-order valence-corrected chi connectivity index (χ3v) is 4.11. The number of aromatic nitrogens is 2. The number of halogens is 1. The van der Waals surface area contributed by atoms with Crippen LogP contribution in [0.4, 0.5) is 11.5 Å². The highest BCUT2D eigenvalue weighted by molar-refractivity contribution is 6.32. The van der Waals surface area contributed by atoms with Crippen molar-refractivity contribution in [3.8, 4) is 0 Å². The molecular weight excluding hydrogens is 262 g/mol. The molecule has 0 radical (unpaired) electrons. The average molecular weight is 284 g/mol. The van der Waals surface area contributed by atoms with E-state index in [1.54, 1.807) is 0 Å². The zero-order valence-electron chi connectivity index (χ0n) is 11.9. The van der Waals surface area contributed by atoms with Crippen LogP contribution in [-0.2, 0) is 0 Å². The lowest BCUT2D eigenvalue weighted by Crippen LogP contribution is -2.37. The fourth-order valence-electron chi connectivity index (χ4n) is 2.78. The maximum Gasteiger partial charge on any atom is 0.157 e. The zero-order chi connectivity index (χ0) is 13.8. The Morgan fingerprint density at radius 2 is 2.16 bits per heavy atom. The van der Waals surface area contributed by atoms with Crippen molar-refractivity contribution in [1.29, 1.82) is 0 Å². The first kappa shape index (κ1) is 14.3. The van der Waals surface area contributed by atoms with E-state index in [4.69, 9.17) is 11.6 Å². The maximum absolute atomic E-state index is 6.11. The molecule has 1 aromatic heterocycles. The number of hydrogen-bond acceptors (Lipinski definition) is 5. The lowest BCUT2D eigenvalue weighted by Gasteiger charge is -2.26. The highest BCUT2D eigenvalue weighted by Crippen LogP contribution is 2.31. The summed E-state index contributed by atoms with van der Waals surface area (Å²) in [6, 6.07) is 0.605. The molecule has 1 aliphatic heterocycles. The van der Waals surface area contributed by atoms with E-state index in [1.165, 1.54) is 12.7 Å². The monoisotopic (exact) mass is 283 g/mol. The van der Waals surface area contributed by atoms with Gasteiger partial charge in [0.2, 0.25) is 0 Å². The SMILES string of the molecule is CCN(CC)C1CCN(c2ncnc(Cl)c2NC)C1. The Labute approximate surface area is 120 Å². The molecule has 0 aromatic carbocycles. The maximum atomic E-state index is 6.11. The van der Waals surface area contributed by atoms with Gasteiger partial charge in [-0.15, -0.1) is 0 Å². The molecule has 1 fully saturated rings. The van der Waals surface area contributed by atoms with E-state index in [2.05, 4.69) is 38.9 Å². The predicted molar refractivity (Wildman–Crippen MR) is 80.1 cm³/mol. The largest absolute Gasteiger partial charge is 0.383 e. The fourth-order valence-corrected chi connectivity index (χ4v) is 3.01. The minimum Gasteiger partial charge on any atom is -0.383 e. The lowest BCUT2D eigenvalue weighted by atomic mass is 10.2. The molecule has 1 unspecified atom stereocenters. The van der Waals surface area contributed by atoms with Crippen molar-refractivity contribution in [3.63, 3.8) is 0 Å². The molecule has 2 heterocycles. The molecule has 0 saturated carbocycles. The van der Waals surface area contributed by atoms with Crippen LogP contribution in [0, 0.1) is 0 Å². The third-order valence-electron chi connectivity index (χ3n) is 3.82. The molecule has 1 atom stereocenters. The van der Waals surface area contributed by atoms with Crippen LogP contribution in [-0.4, -0.2) is 54.1 Å². The second-order valence-electron chi connectivity index (χ2n) is 4.72. The molecular formula is C13H22ClN5. The average Bonchev–Trinajstić information content (AvgIpc) is 2.89. The molecule has 0 aliphatic carbocycles. The van der Waals surface area contributed by atoms with Crippen LogP contribution in [0.1, 0.15) is 20.3 Å². The van der Waals surface area contributed by atoms with Crippen LogP contribution in [0.25, 0.3) is 0 Å². The first-order valence-electron chi connectivity index (χ1n) is 6.88. The summed E-state index contributed by atoms with van der Waals surface area (Å²) < 4.78 is 0. The molecule has 0 spiro atoms. The highest BCUT2D eigenvalue weighted by atomic mass is 35.5. The van der Waals surface area contributed by atoms with E-state index in [1.807, 2.05) is 7.05 Å². The number of nitrogens with zero attached hydrogens (tertiary/aromatic N) is 4. The Morgan fingerprint density at radius 1 is 1.42 bits per heavy atom. The lowest BCUT2D eigenvalue weighted by molar-refractivity contribution is 0.232. The molecule has 1 N–H and O–H groups in total. The first-order chi connectivity index (χ1) is 9.21. The Kier molecular flexibility index (Phi) is 4.82. The summed E-state index contributed by atoms with van der Waals surface area (Å²) in [7, 11) is 1.85. The quantitative estimate of drug-likeness (QED) is 0.839. The van der Waals surface area contributed by atoms with Crippen molar-refractivity contribution in [2.75, 3.05) is 43.4 Å². The van der Waals surface area contributed by atoms with E-state index in [-0.39, 0.29) is 0 Å². The Hall–Kier alpha value is -1.07. The van der Waals surface area contributed by atoms with Crippen molar-refractivity contribution < 1.29 is 0 Å². The van der Waals surface area contributed by atoms with Crippen LogP contribution in [0.2, 0.25) is 5.15 Å². The van der Waals surface area contributed by atoms with Crippen molar-refractivity contribution in [2.45, 2.75) is 26.3 Å². The second kappa shape index (κ2) is 6.39. The summed E-state index contributed by atoms with van der Waals surface area (Å²) >= 11 is 6.11. The van der Waals surface area contributed by atoms with Gasteiger partial charge in [-0.1, -0.05) is 25.4 Å². The molecule has 1 aliphatic rings. The molecule has 6 heteroatoms. The van der Waals surface area contributed by atoms with Gasteiger partial charge < -0.3 is 10.2 Å². The van der Waals surface area contributed by atoms with Gasteiger partial charge in [0.1, 0.15) is 12.0 Å². The molecule has 19 heavy (non-hydrogen) atoms. The fraction of sp³-hybridized carbons (Fsp3) is 0.692. The Morgan fingerprint density at radius 3 is 2.79 bits per heavy atom. The highest BCUT2D eigenvalue weighted by Gasteiger charge is 2.28. The van der Waals surface area contributed by atoms with Crippen LogP contribution in [0.3, 0.4) is 0 Å². The smallest absolute Gasteiger partial charge is 0.157 e. The summed E-state index contributed by atoms with van der Waals surface area (Å²) in [6.07, 6.45) is 2.70. The van der Waals surface area contributed by atoms with Gasteiger partial charge in [-0.05, 0) is 19.5 Å². The van der Waals surface area contributed by atoms with Crippen molar-refractivity contribution in [1.82, 2.24) is 14.9 Å². The van der Waals surface area contributed by atoms with Gasteiger partial charge >= 0.3 is 0 Å². The third kappa shape index (κ3) is 2.92. The van der Waals surface area contributed by atoms with Gasteiger partial charge in [0.05, 0.1) is 0 Å². The van der Waals surface area contributed by atoms with Gasteiger partial charge in [0, 0.05) is 26.2 Å². The van der Waals surface area contributed by atoms with E-state index in [9.17, 15) is 0 Å². The van der Waals surface area contributed by atoms with E-state index in [0.717, 1.165) is 37.7 Å². The van der Waals surface area contributed by atoms with Crippen molar-refractivity contribution in [3.05, 3.63) is 11.5 Å². The summed E-state index contributed by atoms with van der Waals surface area (Å²) in [6.45, 7) is 8.64. The number of likely N-dealkylation sites (N-methyl/N-ethyl adjacent to an activating group) is 1. The number of hydrogen-bond donors (Lipinski definition) is 1. The van der Waals surface area contributed by atoms with Crippen LogP contribution in [0.15, 0.2) is 6.33 Å². The first-order valence-corrected chi connectivity index (χ1v) is 7.26. The standard InChI is InChI=1S/C13H22ClN5/c1-4-18(5-2)10-6-7-19(8-10)13-11(15-3)12(14)16-9-17-13/h9-10,15H,4-8H2,1-3H3. The molecule has 1 aromatic rings.